The molecule has 2 fully saturated rings. The first-order chi connectivity index (χ1) is 11.2. The molecular formula is C16H23F4NO4. The second-order valence-corrected chi connectivity index (χ2v) is 8.09. The van der Waals surface area contributed by atoms with E-state index in [-0.39, 0.29) is 0 Å². The predicted octanol–water partition coefficient (Wildman–Crippen LogP) is 3.67. The van der Waals surface area contributed by atoms with Crippen molar-refractivity contribution < 1.29 is 37.0 Å². The lowest BCUT2D eigenvalue weighted by Crippen LogP contribution is -2.58. The van der Waals surface area contributed by atoms with Crippen LogP contribution in [0, 0.1) is 17.8 Å². The largest absolute Gasteiger partial charge is 0.480 e. The first kappa shape index (κ1) is 19.8. The average Bonchev–Trinajstić information content (AvgIpc) is 2.30. The monoisotopic (exact) mass is 369 g/mol. The molecule has 0 aromatic heterocycles. The van der Waals surface area contributed by atoms with Crippen molar-refractivity contribution in [3.63, 3.8) is 0 Å². The van der Waals surface area contributed by atoms with Gasteiger partial charge in [0.2, 0.25) is 11.8 Å². The summed E-state index contributed by atoms with van der Waals surface area (Å²) in [5.74, 6) is -9.71. The van der Waals surface area contributed by atoms with Crippen molar-refractivity contribution in [2.45, 2.75) is 69.9 Å². The number of amides is 1. The van der Waals surface area contributed by atoms with Crippen LogP contribution in [0.4, 0.5) is 22.4 Å². The van der Waals surface area contributed by atoms with Gasteiger partial charge in [-0.2, -0.15) is 0 Å². The molecule has 0 radical (unpaired) electrons. The van der Waals surface area contributed by atoms with Crippen LogP contribution >= 0.6 is 0 Å². The van der Waals surface area contributed by atoms with E-state index < -0.39 is 79.0 Å². The van der Waals surface area contributed by atoms with E-state index in [1.807, 2.05) is 0 Å². The van der Waals surface area contributed by atoms with Crippen LogP contribution in [0.15, 0.2) is 0 Å². The van der Waals surface area contributed by atoms with Crippen LogP contribution in [0.5, 0.6) is 0 Å². The average molecular weight is 369 g/mol. The quantitative estimate of drug-likeness (QED) is 0.725. The van der Waals surface area contributed by atoms with Crippen molar-refractivity contribution in [2.24, 2.45) is 17.8 Å². The summed E-state index contributed by atoms with van der Waals surface area (Å²) in [6.45, 7) is 4.75. The molecule has 2 aliphatic rings. The maximum atomic E-state index is 13.2. The summed E-state index contributed by atoms with van der Waals surface area (Å²) in [6, 6.07) is -1.54. The summed E-state index contributed by atoms with van der Waals surface area (Å²) in [5.41, 5.74) is -0.879. The summed E-state index contributed by atoms with van der Waals surface area (Å²) in [4.78, 5) is 23.5. The minimum atomic E-state index is -2.91. The van der Waals surface area contributed by atoms with Crippen LogP contribution in [0.1, 0.15) is 46.5 Å². The number of carbonyl (C=O) groups excluding carboxylic acids is 1. The minimum Gasteiger partial charge on any atom is -0.480 e. The van der Waals surface area contributed by atoms with Crippen LogP contribution < -0.4 is 5.32 Å². The molecule has 2 saturated carbocycles. The lowest BCUT2D eigenvalue weighted by atomic mass is 9.60. The maximum absolute atomic E-state index is 13.2. The van der Waals surface area contributed by atoms with Crippen LogP contribution in [0.25, 0.3) is 0 Å². The number of carboxylic acids is 1. The normalized spacial score (nSPS) is 24.2. The zero-order valence-electron chi connectivity index (χ0n) is 14.3. The lowest BCUT2D eigenvalue weighted by Gasteiger charge is -2.49. The third-order valence-corrected chi connectivity index (χ3v) is 4.66. The second kappa shape index (κ2) is 6.32. The van der Waals surface area contributed by atoms with Gasteiger partial charge in [0.1, 0.15) is 11.6 Å². The molecule has 5 nitrogen and oxygen atoms in total. The summed E-state index contributed by atoms with van der Waals surface area (Å²) in [6.07, 6.45) is -3.24. The Morgan fingerprint density at radius 2 is 1.44 bits per heavy atom. The number of rotatable bonds is 5. The van der Waals surface area contributed by atoms with Gasteiger partial charge in [0, 0.05) is 25.7 Å². The third kappa shape index (κ3) is 4.98. The Kier molecular flexibility index (Phi) is 5.00. The molecule has 144 valence electrons. The first-order valence-corrected chi connectivity index (χ1v) is 8.17. The van der Waals surface area contributed by atoms with E-state index in [0.29, 0.717) is 0 Å². The fourth-order valence-electron chi connectivity index (χ4n) is 3.65. The molecule has 2 N–H and O–H groups in total. The molecule has 2 rings (SSSR count). The van der Waals surface area contributed by atoms with Crippen molar-refractivity contribution in [3.8, 4) is 0 Å². The van der Waals surface area contributed by atoms with Gasteiger partial charge in [-0.25, -0.2) is 27.2 Å². The molecule has 0 aromatic carbocycles. The molecule has 1 amide bonds. The highest BCUT2D eigenvalue weighted by atomic mass is 19.3. The summed E-state index contributed by atoms with van der Waals surface area (Å²) in [5, 5.41) is 11.6. The number of carboxylic acid groups (broad SMARTS) is 1. The van der Waals surface area contributed by atoms with Gasteiger partial charge in [0.15, 0.2) is 0 Å². The van der Waals surface area contributed by atoms with Crippen molar-refractivity contribution in [2.75, 3.05) is 0 Å². The van der Waals surface area contributed by atoms with E-state index in [1.54, 1.807) is 20.8 Å². The van der Waals surface area contributed by atoms with Gasteiger partial charge in [-0.3, -0.25) is 0 Å². The van der Waals surface area contributed by atoms with E-state index in [1.165, 1.54) is 0 Å². The third-order valence-electron chi connectivity index (χ3n) is 4.66. The number of ether oxygens (including phenoxy) is 1. The van der Waals surface area contributed by atoms with Crippen LogP contribution in [-0.2, 0) is 9.53 Å². The Bertz CT molecular complexity index is 507. The molecule has 1 atom stereocenters. The number of alkyl carbamates (subject to hydrolysis) is 1. The predicted molar refractivity (Wildman–Crippen MR) is 79.6 cm³/mol. The van der Waals surface area contributed by atoms with Crippen molar-refractivity contribution in [1.82, 2.24) is 5.32 Å². The van der Waals surface area contributed by atoms with Crippen molar-refractivity contribution in [3.05, 3.63) is 0 Å². The highest BCUT2D eigenvalue weighted by Gasteiger charge is 2.58. The molecule has 25 heavy (non-hydrogen) atoms. The smallest absolute Gasteiger partial charge is 0.408 e. The number of aliphatic carboxylic acids is 1. The topological polar surface area (TPSA) is 75.6 Å². The van der Waals surface area contributed by atoms with E-state index in [4.69, 9.17) is 4.74 Å². The Morgan fingerprint density at radius 3 is 1.72 bits per heavy atom. The molecule has 0 spiro atoms. The Labute approximate surface area is 143 Å². The number of alkyl halides is 4. The van der Waals surface area contributed by atoms with Crippen LogP contribution in [0.2, 0.25) is 0 Å². The summed E-state index contributed by atoms with van der Waals surface area (Å²) in [7, 11) is 0. The Hall–Kier alpha value is -1.54. The molecule has 0 aromatic rings. The van der Waals surface area contributed by atoms with E-state index in [2.05, 4.69) is 5.32 Å². The number of hydrogen-bond donors (Lipinski definition) is 2. The molecule has 2 aliphatic carbocycles. The summed E-state index contributed by atoms with van der Waals surface area (Å²) >= 11 is 0. The molecule has 0 heterocycles. The zero-order valence-corrected chi connectivity index (χ0v) is 14.3. The van der Waals surface area contributed by atoms with Gasteiger partial charge in [-0.05, 0) is 38.5 Å². The fourth-order valence-corrected chi connectivity index (χ4v) is 3.65. The standard InChI is InChI=1S/C16H23F4NO4/c1-14(2,3)25-13(24)21-11(12(22)23)10(8-4-15(17,18)5-8)9-6-16(19,20)7-9/h8-11H,4-7H2,1-3H3,(H,21,24)(H,22,23). The van der Waals surface area contributed by atoms with Gasteiger partial charge >= 0.3 is 12.1 Å². The Balaban J connectivity index is 2.14. The van der Waals surface area contributed by atoms with Gasteiger partial charge < -0.3 is 15.2 Å². The number of halogens is 4. The fraction of sp³-hybridized carbons (Fsp3) is 0.875. The minimum absolute atomic E-state index is 0.556. The second-order valence-electron chi connectivity index (χ2n) is 8.09. The lowest BCUT2D eigenvalue weighted by molar-refractivity contribution is -0.182. The number of nitrogens with one attached hydrogen (secondary N) is 1. The van der Waals surface area contributed by atoms with E-state index in [0.717, 1.165) is 0 Å². The maximum Gasteiger partial charge on any atom is 0.408 e. The summed E-state index contributed by atoms with van der Waals surface area (Å²) < 4.78 is 57.9. The number of carbonyl (C=O) groups is 2. The SMILES string of the molecule is CC(C)(C)OC(=O)NC(C(=O)O)C(C1CC(F)(F)C1)C1CC(F)(F)C1. The highest BCUT2D eigenvalue weighted by Crippen LogP contribution is 2.55. The highest BCUT2D eigenvalue weighted by molar-refractivity contribution is 5.80. The van der Waals surface area contributed by atoms with Crippen molar-refractivity contribution >= 4 is 12.1 Å². The first-order valence-electron chi connectivity index (χ1n) is 8.17. The molecule has 0 bridgehead atoms. The Morgan fingerprint density at radius 1 is 1.04 bits per heavy atom. The zero-order chi connectivity index (χ0) is 19.2. The molecule has 1 unspecified atom stereocenters. The molecule has 0 aliphatic heterocycles. The van der Waals surface area contributed by atoms with Gasteiger partial charge in [-0.15, -0.1) is 0 Å². The van der Waals surface area contributed by atoms with Gasteiger partial charge in [0.05, 0.1) is 0 Å². The molecule has 9 heteroatoms. The van der Waals surface area contributed by atoms with E-state index in [9.17, 15) is 32.3 Å². The van der Waals surface area contributed by atoms with Crippen LogP contribution in [-0.4, -0.2) is 40.7 Å². The van der Waals surface area contributed by atoms with E-state index >= 15 is 0 Å². The molecular weight excluding hydrogens is 346 g/mol. The van der Waals surface area contributed by atoms with Crippen LogP contribution in [0.3, 0.4) is 0 Å². The molecule has 0 saturated heterocycles. The van der Waals surface area contributed by atoms with Gasteiger partial charge in [0.25, 0.3) is 0 Å². The van der Waals surface area contributed by atoms with Crippen molar-refractivity contribution in [1.29, 1.82) is 0 Å². The van der Waals surface area contributed by atoms with Gasteiger partial charge in [-0.1, -0.05) is 0 Å². The number of hydrogen-bond acceptors (Lipinski definition) is 3.